The Kier molecular flexibility index (Phi) is 4.05. The van der Waals surface area contributed by atoms with Crippen LogP contribution in [0.2, 0.25) is 10.0 Å². The van der Waals surface area contributed by atoms with Crippen molar-refractivity contribution in [3.05, 3.63) is 27.7 Å². The molecule has 0 fully saturated rings. The summed E-state index contributed by atoms with van der Waals surface area (Å²) >= 11 is 11.8. The molecule has 0 aliphatic carbocycles. The van der Waals surface area contributed by atoms with Crippen LogP contribution >= 0.6 is 23.2 Å². The number of aliphatic hydroxyl groups excluding tert-OH is 1. The van der Waals surface area contributed by atoms with Crippen LogP contribution < -0.4 is 4.74 Å². The molecule has 0 aromatic heterocycles. The van der Waals surface area contributed by atoms with Crippen LogP contribution in [0.4, 0.5) is 0 Å². The van der Waals surface area contributed by atoms with Crippen molar-refractivity contribution in [2.24, 2.45) is 0 Å². The van der Waals surface area contributed by atoms with E-state index in [4.69, 9.17) is 27.9 Å². The lowest BCUT2D eigenvalue weighted by Crippen LogP contribution is -1.96. The maximum Gasteiger partial charge on any atom is 0.156 e. The lowest BCUT2D eigenvalue weighted by Gasteiger charge is -2.12. The molecule has 78 valence electrons. The molecule has 1 aromatic carbocycles. The van der Waals surface area contributed by atoms with E-state index in [0.717, 1.165) is 0 Å². The van der Waals surface area contributed by atoms with Gasteiger partial charge in [-0.25, -0.2) is 0 Å². The highest BCUT2D eigenvalue weighted by Crippen LogP contribution is 2.35. The number of aliphatic hydroxyl groups is 1. The summed E-state index contributed by atoms with van der Waals surface area (Å²) in [5.41, 5.74) is 0.711. The van der Waals surface area contributed by atoms with Gasteiger partial charge in [-0.1, -0.05) is 30.1 Å². The fourth-order valence-electron chi connectivity index (χ4n) is 1.20. The van der Waals surface area contributed by atoms with Gasteiger partial charge in [-0.3, -0.25) is 0 Å². The molecule has 1 N–H and O–H groups in total. The minimum atomic E-state index is -0.532. The highest BCUT2D eigenvalue weighted by molar-refractivity contribution is 6.37. The summed E-state index contributed by atoms with van der Waals surface area (Å²) in [6.07, 6.45) is 0.0924. The zero-order chi connectivity index (χ0) is 10.7. The van der Waals surface area contributed by atoms with Crippen molar-refractivity contribution < 1.29 is 9.84 Å². The SMILES string of the molecule is CC[C@@H](O)c1cc(Cl)c(OC)c(Cl)c1. The van der Waals surface area contributed by atoms with Gasteiger partial charge in [-0.2, -0.15) is 0 Å². The monoisotopic (exact) mass is 234 g/mol. The average Bonchev–Trinajstić information content (AvgIpc) is 2.16. The third-order valence-electron chi connectivity index (χ3n) is 2.00. The normalized spacial score (nSPS) is 12.6. The Morgan fingerprint density at radius 1 is 1.36 bits per heavy atom. The zero-order valence-electron chi connectivity index (χ0n) is 8.05. The zero-order valence-corrected chi connectivity index (χ0v) is 9.56. The van der Waals surface area contributed by atoms with Crippen LogP contribution in [0.1, 0.15) is 25.0 Å². The van der Waals surface area contributed by atoms with Crippen LogP contribution in [0.5, 0.6) is 5.75 Å². The van der Waals surface area contributed by atoms with E-state index in [9.17, 15) is 5.11 Å². The van der Waals surface area contributed by atoms with Crippen molar-refractivity contribution in [1.82, 2.24) is 0 Å². The molecule has 0 saturated heterocycles. The first-order valence-electron chi connectivity index (χ1n) is 4.31. The quantitative estimate of drug-likeness (QED) is 0.869. The molecule has 1 atom stereocenters. The van der Waals surface area contributed by atoms with Crippen molar-refractivity contribution in [2.45, 2.75) is 19.4 Å². The van der Waals surface area contributed by atoms with E-state index in [1.807, 2.05) is 6.92 Å². The number of hydrogen-bond donors (Lipinski definition) is 1. The van der Waals surface area contributed by atoms with E-state index in [2.05, 4.69) is 0 Å². The van der Waals surface area contributed by atoms with Crippen molar-refractivity contribution in [1.29, 1.82) is 0 Å². The summed E-state index contributed by atoms with van der Waals surface area (Å²) in [5, 5.41) is 10.4. The summed E-state index contributed by atoms with van der Waals surface area (Å²) in [4.78, 5) is 0. The Morgan fingerprint density at radius 2 is 1.86 bits per heavy atom. The predicted molar refractivity (Wildman–Crippen MR) is 58.3 cm³/mol. The van der Waals surface area contributed by atoms with Crippen LogP contribution in [0, 0.1) is 0 Å². The third-order valence-corrected chi connectivity index (χ3v) is 2.56. The summed E-state index contributed by atoms with van der Waals surface area (Å²) in [6, 6.07) is 3.33. The number of ether oxygens (including phenoxy) is 1. The van der Waals surface area contributed by atoms with Gasteiger partial charge >= 0.3 is 0 Å². The molecule has 0 radical (unpaired) electrons. The Balaban J connectivity index is 3.13. The summed E-state index contributed by atoms with van der Waals surface area (Å²) < 4.78 is 5.00. The molecule has 0 spiro atoms. The molecule has 1 rings (SSSR count). The van der Waals surface area contributed by atoms with Gasteiger partial charge < -0.3 is 9.84 Å². The lowest BCUT2D eigenvalue weighted by molar-refractivity contribution is 0.173. The van der Waals surface area contributed by atoms with Crippen LogP contribution in [0.15, 0.2) is 12.1 Å². The van der Waals surface area contributed by atoms with E-state index in [1.165, 1.54) is 7.11 Å². The molecule has 0 aliphatic heterocycles. The standard InChI is InChI=1S/C10H12Cl2O2/c1-3-9(13)6-4-7(11)10(14-2)8(12)5-6/h4-5,9,13H,3H2,1-2H3/t9-/m1/s1. The summed E-state index contributed by atoms with van der Waals surface area (Å²) in [6.45, 7) is 1.89. The van der Waals surface area contributed by atoms with Gasteiger partial charge in [0.05, 0.1) is 23.3 Å². The molecule has 0 saturated carbocycles. The van der Waals surface area contributed by atoms with Crippen molar-refractivity contribution in [3.63, 3.8) is 0 Å². The summed E-state index contributed by atoms with van der Waals surface area (Å²) in [7, 11) is 1.50. The van der Waals surface area contributed by atoms with Gasteiger partial charge in [0.1, 0.15) is 0 Å². The van der Waals surface area contributed by atoms with Crippen molar-refractivity contribution >= 4 is 23.2 Å². The van der Waals surface area contributed by atoms with Gasteiger partial charge in [0, 0.05) is 0 Å². The first-order valence-corrected chi connectivity index (χ1v) is 5.06. The summed E-state index contributed by atoms with van der Waals surface area (Å²) in [5.74, 6) is 0.445. The molecule has 0 aliphatic rings. The maximum atomic E-state index is 9.58. The third kappa shape index (κ3) is 2.32. The Bertz CT molecular complexity index is 303. The van der Waals surface area contributed by atoms with Crippen molar-refractivity contribution in [3.8, 4) is 5.75 Å². The van der Waals surface area contributed by atoms with Crippen LogP contribution in [-0.2, 0) is 0 Å². The highest BCUT2D eigenvalue weighted by Gasteiger charge is 2.12. The molecular weight excluding hydrogens is 223 g/mol. The fourth-order valence-corrected chi connectivity index (χ4v) is 1.86. The van der Waals surface area contributed by atoms with E-state index in [1.54, 1.807) is 12.1 Å². The average molecular weight is 235 g/mol. The Hall–Kier alpha value is -0.440. The van der Waals surface area contributed by atoms with E-state index >= 15 is 0 Å². The smallest absolute Gasteiger partial charge is 0.156 e. The minimum Gasteiger partial charge on any atom is -0.494 e. The van der Waals surface area contributed by atoms with E-state index in [0.29, 0.717) is 27.8 Å². The highest BCUT2D eigenvalue weighted by atomic mass is 35.5. The van der Waals surface area contributed by atoms with E-state index < -0.39 is 6.10 Å². The number of methoxy groups -OCH3 is 1. The first kappa shape index (κ1) is 11.6. The molecule has 0 amide bonds. The first-order chi connectivity index (χ1) is 6.60. The Labute approximate surface area is 93.4 Å². The largest absolute Gasteiger partial charge is 0.494 e. The molecule has 14 heavy (non-hydrogen) atoms. The van der Waals surface area contributed by atoms with Gasteiger partial charge in [0.25, 0.3) is 0 Å². The minimum absolute atomic E-state index is 0.419. The number of benzene rings is 1. The number of hydrogen-bond acceptors (Lipinski definition) is 2. The molecule has 1 aromatic rings. The maximum absolute atomic E-state index is 9.58. The molecule has 4 heteroatoms. The number of halogens is 2. The van der Waals surface area contributed by atoms with Crippen LogP contribution in [0.25, 0.3) is 0 Å². The van der Waals surface area contributed by atoms with E-state index in [-0.39, 0.29) is 0 Å². The van der Waals surface area contributed by atoms with Gasteiger partial charge in [0.15, 0.2) is 5.75 Å². The van der Waals surface area contributed by atoms with Crippen molar-refractivity contribution in [2.75, 3.05) is 7.11 Å². The van der Waals surface area contributed by atoms with Crippen LogP contribution in [-0.4, -0.2) is 12.2 Å². The molecule has 2 nitrogen and oxygen atoms in total. The van der Waals surface area contributed by atoms with Gasteiger partial charge in [-0.15, -0.1) is 0 Å². The fraction of sp³-hybridized carbons (Fsp3) is 0.400. The topological polar surface area (TPSA) is 29.5 Å². The molecular formula is C10H12Cl2O2. The molecule has 0 bridgehead atoms. The number of rotatable bonds is 3. The molecule has 0 unspecified atom stereocenters. The molecule has 0 heterocycles. The second-order valence-electron chi connectivity index (χ2n) is 2.94. The Morgan fingerprint density at radius 3 is 2.21 bits per heavy atom. The van der Waals surface area contributed by atoms with Crippen LogP contribution in [0.3, 0.4) is 0 Å². The second-order valence-corrected chi connectivity index (χ2v) is 3.76. The second kappa shape index (κ2) is 4.87. The lowest BCUT2D eigenvalue weighted by atomic mass is 10.1. The van der Waals surface area contributed by atoms with Gasteiger partial charge in [0.2, 0.25) is 0 Å². The van der Waals surface area contributed by atoms with Gasteiger partial charge in [-0.05, 0) is 24.1 Å². The predicted octanol–water partition coefficient (Wildman–Crippen LogP) is 3.45.